The highest BCUT2D eigenvalue weighted by molar-refractivity contribution is 7.99. The molecule has 120 valence electrons. The highest BCUT2D eigenvalue weighted by Gasteiger charge is 2.23. The second-order valence-electron chi connectivity index (χ2n) is 5.35. The van der Waals surface area contributed by atoms with E-state index in [0.29, 0.717) is 24.4 Å². The number of aromatic hydroxyl groups is 1. The predicted octanol–water partition coefficient (Wildman–Crippen LogP) is 3.46. The van der Waals surface area contributed by atoms with E-state index in [1.165, 1.54) is 18.2 Å². The van der Waals surface area contributed by atoms with Crippen LogP contribution in [0.1, 0.15) is 28.6 Å². The first-order valence-corrected chi connectivity index (χ1v) is 8.34. The average Bonchev–Trinajstić information content (AvgIpc) is 2.73. The number of halogens is 1. The fourth-order valence-corrected chi connectivity index (χ4v) is 3.72. The molecule has 0 spiro atoms. The van der Waals surface area contributed by atoms with Gasteiger partial charge in [-0.2, -0.15) is 11.8 Å². The van der Waals surface area contributed by atoms with Crippen molar-refractivity contribution in [2.75, 3.05) is 12.3 Å². The third kappa shape index (κ3) is 3.47. The molecule has 4 nitrogen and oxygen atoms in total. The van der Waals surface area contributed by atoms with E-state index >= 15 is 0 Å². The van der Waals surface area contributed by atoms with Crippen molar-refractivity contribution < 1.29 is 13.9 Å². The van der Waals surface area contributed by atoms with E-state index in [0.717, 1.165) is 11.3 Å². The molecule has 0 unspecified atom stereocenters. The topological polar surface area (TPSA) is 62.8 Å². The Kier molecular flexibility index (Phi) is 4.52. The maximum absolute atomic E-state index is 13.1. The molecule has 2 heterocycles. The van der Waals surface area contributed by atoms with Crippen LogP contribution in [-0.4, -0.2) is 23.1 Å². The summed E-state index contributed by atoms with van der Waals surface area (Å²) in [6, 6.07) is 7.76. The molecular weight excluding hydrogens is 317 g/mol. The van der Waals surface area contributed by atoms with E-state index in [2.05, 4.69) is 4.99 Å². The van der Waals surface area contributed by atoms with Gasteiger partial charge >= 0.3 is 5.63 Å². The molecule has 0 amide bonds. The molecule has 0 radical (unpaired) electrons. The first-order chi connectivity index (χ1) is 11.0. The maximum atomic E-state index is 13.1. The van der Waals surface area contributed by atoms with Gasteiger partial charge in [0, 0.05) is 30.0 Å². The maximum Gasteiger partial charge on any atom is 0.348 e. The Balaban J connectivity index is 1.95. The third-order valence-electron chi connectivity index (χ3n) is 3.68. The zero-order valence-electron chi connectivity index (χ0n) is 12.6. The predicted molar refractivity (Wildman–Crippen MR) is 89.0 cm³/mol. The fourth-order valence-electron chi connectivity index (χ4n) is 2.61. The molecule has 2 aromatic rings. The number of aryl methyl sites for hydroxylation is 1. The summed E-state index contributed by atoms with van der Waals surface area (Å²) in [6.45, 7) is 2.17. The largest absolute Gasteiger partial charge is 0.507 e. The van der Waals surface area contributed by atoms with Crippen molar-refractivity contribution in [3.8, 4) is 5.75 Å². The lowest BCUT2D eigenvalue weighted by Crippen LogP contribution is -2.17. The molecule has 1 N–H and O–H groups in total. The van der Waals surface area contributed by atoms with Gasteiger partial charge in [0.15, 0.2) is 0 Å². The van der Waals surface area contributed by atoms with Crippen molar-refractivity contribution >= 4 is 17.5 Å². The fraction of sp³-hybridized carbons (Fsp3) is 0.294. The first kappa shape index (κ1) is 15.8. The van der Waals surface area contributed by atoms with E-state index in [-0.39, 0.29) is 22.4 Å². The van der Waals surface area contributed by atoms with E-state index < -0.39 is 5.63 Å². The van der Waals surface area contributed by atoms with Gasteiger partial charge in [-0.05, 0) is 24.6 Å². The second-order valence-corrected chi connectivity index (χ2v) is 6.66. The molecule has 23 heavy (non-hydrogen) atoms. The van der Waals surface area contributed by atoms with Crippen LogP contribution in [0.4, 0.5) is 4.39 Å². The van der Waals surface area contributed by atoms with Crippen LogP contribution >= 0.6 is 11.8 Å². The number of benzene rings is 1. The number of hydrogen-bond donors (Lipinski definition) is 1. The van der Waals surface area contributed by atoms with Gasteiger partial charge in [-0.15, -0.1) is 0 Å². The third-order valence-corrected chi connectivity index (χ3v) is 4.94. The molecule has 0 saturated heterocycles. The standard InChI is InChI=1S/C17H16FNO3S/c1-10-8-14(20)16(17(21)22-10)13-9-15(23-7-6-19-13)11-2-4-12(18)5-3-11/h2-5,8,15,20H,6-7,9H2,1H3/t15-/m1/s1. The Labute approximate surface area is 137 Å². The van der Waals surface area contributed by atoms with Crippen molar-refractivity contribution in [1.82, 2.24) is 0 Å². The van der Waals surface area contributed by atoms with E-state index in [1.807, 2.05) is 0 Å². The van der Waals surface area contributed by atoms with Gasteiger partial charge in [-0.25, -0.2) is 9.18 Å². The summed E-state index contributed by atoms with van der Waals surface area (Å²) in [5.41, 5.74) is 1.06. The summed E-state index contributed by atoms with van der Waals surface area (Å²) in [6.07, 6.45) is 0.484. The Morgan fingerprint density at radius 1 is 1.35 bits per heavy atom. The Morgan fingerprint density at radius 3 is 2.78 bits per heavy atom. The molecule has 1 atom stereocenters. The molecule has 1 aliphatic heterocycles. The number of nitrogens with zero attached hydrogens (tertiary/aromatic N) is 1. The molecule has 0 aliphatic carbocycles. The van der Waals surface area contributed by atoms with Gasteiger partial charge in [0.25, 0.3) is 0 Å². The van der Waals surface area contributed by atoms with Crippen molar-refractivity contribution in [3.63, 3.8) is 0 Å². The van der Waals surface area contributed by atoms with Crippen LogP contribution in [0.3, 0.4) is 0 Å². The van der Waals surface area contributed by atoms with E-state index in [1.54, 1.807) is 30.8 Å². The van der Waals surface area contributed by atoms with Gasteiger partial charge in [0.1, 0.15) is 22.9 Å². The minimum atomic E-state index is -0.578. The molecule has 3 rings (SSSR count). The second kappa shape index (κ2) is 6.58. The molecule has 0 saturated carbocycles. The zero-order chi connectivity index (χ0) is 16.4. The quantitative estimate of drug-likeness (QED) is 0.914. The minimum absolute atomic E-state index is 0.0527. The lowest BCUT2D eigenvalue weighted by molar-refractivity contribution is 0.432. The van der Waals surface area contributed by atoms with Crippen LogP contribution < -0.4 is 5.63 Å². The summed E-state index contributed by atoms with van der Waals surface area (Å²) >= 11 is 1.70. The molecule has 0 bridgehead atoms. The van der Waals surface area contributed by atoms with E-state index in [9.17, 15) is 14.3 Å². The van der Waals surface area contributed by atoms with Gasteiger partial charge < -0.3 is 9.52 Å². The number of hydrogen-bond acceptors (Lipinski definition) is 5. The van der Waals surface area contributed by atoms with Crippen LogP contribution in [-0.2, 0) is 0 Å². The van der Waals surface area contributed by atoms with Gasteiger partial charge in [0.2, 0.25) is 0 Å². The molecule has 1 aliphatic rings. The molecule has 1 aromatic carbocycles. The van der Waals surface area contributed by atoms with Crippen LogP contribution in [0.25, 0.3) is 0 Å². The smallest absolute Gasteiger partial charge is 0.348 e. The van der Waals surface area contributed by atoms with Crippen molar-refractivity contribution in [3.05, 3.63) is 63.5 Å². The zero-order valence-corrected chi connectivity index (χ0v) is 13.4. The van der Waals surface area contributed by atoms with E-state index in [4.69, 9.17) is 4.42 Å². The lowest BCUT2D eigenvalue weighted by Gasteiger charge is -2.15. The van der Waals surface area contributed by atoms with Gasteiger partial charge in [0.05, 0.1) is 5.71 Å². The Hall–Kier alpha value is -2.08. The minimum Gasteiger partial charge on any atom is -0.507 e. The molecule has 1 aromatic heterocycles. The molecule has 6 heteroatoms. The Morgan fingerprint density at radius 2 is 2.09 bits per heavy atom. The number of thioether (sulfide) groups is 1. The summed E-state index contributed by atoms with van der Waals surface area (Å²) in [7, 11) is 0. The normalized spacial score (nSPS) is 18.3. The number of rotatable bonds is 2. The van der Waals surface area contributed by atoms with Crippen LogP contribution in [0.15, 0.2) is 44.5 Å². The number of aliphatic imine (C=N–C) groups is 1. The van der Waals surface area contributed by atoms with Crippen molar-refractivity contribution in [2.45, 2.75) is 18.6 Å². The van der Waals surface area contributed by atoms with Crippen LogP contribution in [0, 0.1) is 12.7 Å². The molecule has 0 fully saturated rings. The summed E-state index contributed by atoms with van der Waals surface area (Å²) in [5, 5.41) is 10.2. The lowest BCUT2D eigenvalue weighted by atomic mass is 10.0. The first-order valence-electron chi connectivity index (χ1n) is 7.29. The SMILES string of the molecule is Cc1cc(O)c(C2=NCCS[C@@H](c3ccc(F)cc3)C2)c(=O)o1. The highest BCUT2D eigenvalue weighted by atomic mass is 32.2. The van der Waals surface area contributed by atoms with Gasteiger partial charge in [-0.1, -0.05) is 12.1 Å². The Bertz CT molecular complexity index is 798. The molecular formula is C17H16FNO3S. The summed E-state index contributed by atoms with van der Waals surface area (Å²) in [5.74, 6) is 0.763. The summed E-state index contributed by atoms with van der Waals surface area (Å²) in [4.78, 5) is 16.5. The monoisotopic (exact) mass is 333 g/mol. The van der Waals surface area contributed by atoms with Gasteiger partial charge in [-0.3, -0.25) is 4.99 Å². The average molecular weight is 333 g/mol. The highest BCUT2D eigenvalue weighted by Crippen LogP contribution is 2.36. The van der Waals surface area contributed by atoms with Crippen molar-refractivity contribution in [1.29, 1.82) is 0 Å². The summed E-state index contributed by atoms with van der Waals surface area (Å²) < 4.78 is 18.2. The van der Waals surface area contributed by atoms with Crippen molar-refractivity contribution in [2.24, 2.45) is 4.99 Å². The van der Waals surface area contributed by atoms with Crippen LogP contribution in [0.2, 0.25) is 0 Å². The van der Waals surface area contributed by atoms with Crippen LogP contribution in [0.5, 0.6) is 5.75 Å².